The molecule has 0 saturated heterocycles. The molecule has 6 nitrogen and oxygen atoms in total. The molecule has 1 aromatic carbocycles. The van der Waals surface area contributed by atoms with Crippen LogP contribution in [0, 0.1) is 0 Å². The number of benzene rings is 1. The molecule has 0 aliphatic carbocycles. The number of nitrogens with zero attached hydrogens (tertiary/aromatic N) is 3. The number of rotatable bonds is 6. The van der Waals surface area contributed by atoms with Crippen molar-refractivity contribution in [2.24, 2.45) is 0 Å². The zero-order chi connectivity index (χ0) is 18.5. The summed E-state index contributed by atoms with van der Waals surface area (Å²) in [5.41, 5.74) is 1.66. The fourth-order valence-corrected chi connectivity index (χ4v) is 3.25. The molecule has 3 rings (SSSR count). The van der Waals surface area contributed by atoms with Crippen LogP contribution in [0.4, 0.5) is 17.2 Å². The maximum atomic E-state index is 13.2. The van der Waals surface area contributed by atoms with Crippen LogP contribution in [-0.4, -0.2) is 41.3 Å². The van der Waals surface area contributed by atoms with Gasteiger partial charge in [0.15, 0.2) is 5.82 Å². The maximum Gasteiger partial charge on any atom is 0.259 e. The number of para-hydroxylation sites is 2. The molecule has 2 aromatic rings. The van der Waals surface area contributed by atoms with Crippen LogP contribution in [0.3, 0.4) is 0 Å². The van der Waals surface area contributed by atoms with E-state index in [0.717, 1.165) is 25.9 Å². The molecule has 0 spiro atoms. The lowest BCUT2D eigenvalue weighted by Crippen LogP contribution is -2.39. The van der Waals surface area contributed by atoms with Crippen LogP contribution in [0.2, 0.25) is 0 Å². The van der Waals surface area contributed by atoms with Gasteiger partial charge >= 0.3 is 0 Å². The standard InChI is InChI=1S/C20H24N4O2/c1-3-12-23(13-4-2)14-18(25)24-17-10-6-5-9-16(17)22-20(26)15-8-7-11-21-19(15)24/h5-11H,3-4,12-14H2,1-2H3,(H,22,26). The van der Waals surface area contributed by atoms with E-state index in [9.17, 15) is 9.59 Å². The van der Waals surface area contributed by atoms with Crippen LogP contribution in [0.25, 0.3) is 0 Å². The van der Waals surface area contributed by atoms with Gasteiger partial charge in [-0.25, -0.2) is 4.98 Å². The van der Waals surface area contributed by atoms with E-state index in [-0.39, 0.29) is 11.8 Å². The molecular formula is C20H24N4O2. The molecule has 1 aliphatic heterocycles. The molecule has 1 aromatic heterocycles. The molecule has 6 heteroatoms. The van der Waals surface area contributed by atoms with Gasteiger partial charge in [-0.3, -0.25) is 19.4 Å². The third-order valence-corrected chi connectivity index (χ3v) is 4.32. The van der Waals surface area contributed by atoms with Crippen molar-refractivity contribution in [2.45, 2.75) is 26.7 Å². The highest BCUT2D eigenvalue weighted by atomic mass is 16.2. The number of amides is 2. The Hall–Kier alpha value is -2.73. The Morgan fingerprint density at radius 2 is 1.85 bits per heavy atom. The average molecular weight is 352 g/mol. The third kappa shape index (κ3) is 3.60. The lowest BCUT2D eigenvalue weighted by atomic mass is 10.2. The van der Waals surface area contributed by atoms with Crippen LogP contribution in [0.1, 0.15) is 37.0 Å². The molecule has 0 unspecified atom stereocenters. The number of pyridine rings is 1. The Balaban J connectivity index is 2.03. The van der Waals surface area contributed by atoms with E-state index >= 15 is 0 Å². The Morgan fingerprint density at radius 1 is 1.12 bits per heavy atom. The van der Waals surface area contributed by atoms with E-state index in [0.29, 0.717) is 29.3 Å². The first-order valence-electron chi connectivity index (χ1n) is 9.06. The number of carbonyl (C=O) groups is 2. The van der Waals surface area contributed by atoms with E-state index in [1.165, 1.54) is 0 Å². The summed E-state index contributed by atoms with van der Waals surface area (Å²) in [7, 11) is 0. The minimum Gasteiger partial charge on any atom is -0.320 e. The van der Waals surface area contributed by atoms with Crippen LogP contribution in [0.5, 0.6) is 0 Å². The minimum absolute atomic E-state index is 0.0872. The van der Waals surface area contributed by atoms with Crippen LogP contribution in [-0.2, 0) is 4.79 Å². The predicted molar refractivity (Wildman–Crippen MR) is 103 cm³/mol. The Bertz CT molecular complexity index is 800. The Kier molecular flexibility index (Phi) is 5.63. The molecule has 2 amide bonds. The second-order valence-corrected chi connectivity index (χ2v) is 6.35. The molecule has 0 atom stereocenters. The molecule has 0 bridgehead atoms. The summed E-state index contributed by atoms with van der Waals surface area (Å²) in [6.45, 7) is 6.23. The first-order chi connectivity index (χ1) is 12.7. The minimum atomic E-state index is -0.255. The van der Waals surface area contributed by atoms with Crippen molar-refractivity contribution in [2.75, 3.05) is 29.9 Å². The Morgan fingerprint density at radius 3 is 2.58 bits per heavy atom. The normalized spacial score (nSPS) is 13.0. The van der Waals surface area contributed by atoms with Gasteiger partial charge in [-0.2, -0.15) is 0 Å². The summed E-state index contributed by atoms with van der Waals surface area (Å²) < 4.78 is 0. The highest BCUT2D eigenvalue weighted by Crippen LogP contribution is 2.36. The fraction of sp³-hybridized carbons (Fsp3) is 0.350. The molecule has 0 saturated carbocycles. The summed E-state index contributed by atoms with van der Waals surface area (Å²) in [4.78, 5) is 33.9. The predicted octanol–water partition coefficient (Wildman–Crippen LogP) is 3.43. The highest BCUT2D eigenvalue weighted by molar-refractivity contribution is 6.17. The maximum absolute atomic E-state index is 13.2. The fourth-order valence-electron chi connectivity index (χ4n) is 3.25. The first kappa shape index (κ1) is 18.1. The van der Waals surface area contributed by atoms with Gasteiger partial charge in [0.2, 0.25) is 5.91 Å². The molecular weight excluding hydrogens is 328 g/mol. The summed E-state index contributed by atoms with van der Waals surface area (Å²) >= 11 is 0. The highest BCUT2D eigenvalue weighted by Gasteiger charge is 2.30. The lowest BCUT2D eigenvalue weighted by Gasteiger charge is -2.27. The van der Waals surface area contributed by atoms with Gasteiger partial charge in [-0.05, 0) is 50.2 Å². The molecule has 0 fully saturated rings. The van der Waals surface area contributed by atoms with E-state index in [2.05, 4.69) is 29.0 Å². The third-order valence-electron chi connectivity index (χ3n) is 4.32. The van der Waals surface area contributed by atoms with Crippen LogP contribution in [0.15, 0.2) is 42.6 Å². The summed E-state index contributed by atoms with van der Waals surface area (Å²) in [5, 5.41) is 2.88. The van der Waals surface area contributed by atoms with Crippen molar-refractivity contribution in [1.29, 1.82) is 0 Å². The van der Waals surface area contributed by atoms with Crippen molar-refractivity contribution in [3.05, 3.63) is 48.2 Å². The number of hydrogen-bond donors (Lipinski definition) is 1. The van der Waals surface area contributed by atoms with Gasteiger partial charge in [0.25, 0.3) is 5.91 Å². The van der Waals surface area contributed by atoms with Gasteiger partial charge in [0.1, 0.15) is 0 Å². The van der Waals surface area contributed by atoms with Gasteiger partial charge < -0.3 is 5.32 Å². The zero-order valence-corrected chi connectivity index (χ0v) is 15.2. The van der Waals surface area contributed by atoms with Crippen LogP contribution < -0.4 is 10.2 Å². The summed E-state index contributed by atoms with van der Waals surface area (Å²) in [6.07, 6.45) is 3.58. The molecule has 136 valence electrons. The van der Waals surface area contributed by atoms with E-state index in [1.54, 1.807) is 29.3 Å². The molecule has 0 radical (unpaired) electrons. The van der Waals surface area contributed by atoms with Gasteiger partial charge in [-0.15, -0.1) is 0 Å². The van der Waals surface area contributed by atoms with Gasteiger partial charge in [0.05, 0.1) is 23.5 Å². The van der Waals surface area contributed by atoms with Crippen molar-refractivity contribution in [1.82, 2.24) is 9.88 Å². The summed E-state index contributed by atoms with van der Waals surface area (Å²) in [6, 6.07) is 10.7. The van der Waals surface area contributed by atoms with E-state index in [1.807, 2.05) is 18.2 Å². The van der Waals surface area contributed by atoms with Crippen molar-refractivity contribution < 1.29 is 9.59 Å². The van der Waals surface area contributed by atoms with Crippen LogP contribution >= 0.6 is 0 Å². The van der Waals surface area contributed by atoms with Gasteiger partial charge in [0, 0.05) is 6.20 Å². The van der Waals surface area contributed by atoms with E-state index < -0.39 is 0 Å². The second-order valence-electron chi connectivity index (χ2n) is 6.35. The molecule has 1 N–H and O–H groups in total. The number of hydrogen-bond acceptors (Lipinski definition) is 4. The topological polar surface area (TPSA) is 65.5 Å². The second kappa shape index (κ2) is 8.10. The first-order valence-corrected chi connectivity index (χ1v) is 9.06. The monoisotopic (exact) mass is 352 g/mol. The van der Waals surface area contributed by atoms with Gasteiger partial charge in [-0.1, -0.05) is 26.0 Å². The number of aromatic nitrogens is 1. The van der Waals surface area contributed by atoms with Crippen molar-refractivity contribution >= 4 is 29.0 Å². The number of fused-ring (bicyclic) bond motifs is 2. The number of carbonyl (C=O) groups excluding carboxylic acids is 2. The van der Waals surface area contributed by atoms with E-state index in [4.69, 9.17) is 0 Å². The SMILES string of the molecule is CCCN(CCC)CC(=O)N1c2ccccc2NC(=O)c2cccnc21. The quantitative estimate of drug-likeness (QED) is 0.865. The van der Waals surface area contributed by atoms with Crippen molar-refractivity contribution in [3.63, 3.8) is 0 Å². The zero-order valence-electron chi connectivity index (χ0n) is 15.2. The largest absolute Gasteiger partial charge is 0.320 e. The summed E-state index contributed by atoms with van der Waals surface area (Å²) in [5.74, 6) is 0.0403. The lowest BCUT2D eigenvalue weighted by molar-refractivity contribution is -0.119. The average Bonchev–Trinajstić information content (AvgIpc) is 2.76. The smallest absolute Gasteiger partial charge is 0.259 e. The number of anilines is 3. The number of nitrogens with one attached hydrogen (secondary N) is 1. The molecule has 26 heavy (non-hydrogen) atoms. The molecule has 2 heterocycles. The Labute approximate surface area is 153 Å². The molecule has 1 aliphatic rings. The van der Waals surface area contributed by atoms with Crippen molar-refractivity contribution in [3.8, 4) is 0 Å².